The van der Waals surface area contributed by atoms with Crippen LogP contribution < -0.4 is 14.4 Å². The Balaban J connectivity index is 1.45. The van der Waals surface area contributed by atoms with Crippen LogP contribution in [0.4, 0.5) is 11.4 Å². The summed E-state index contributed by atoms with van der Waals surface area (Å²) in [6.07, 6.45) is 0. The van der Waals surface area contributed by atoms with E-state index >= 15 is 0 Å². The van der Waals surface area contributed by atoms with Crippen LogP contribution in [0, 0.1) is 0 Å². The van der Waals surface area contributed by atoms with Crippen molar-refractivity contribution in [1.29, 1.82) is 0 Å². The van der Waals surface area contributed by atoms with Crippen LogP contribution in [0.25, 0.3) is 0 Å². The number of nitrogens with one attached hydrogen (secondary N) is 1. The molecule has 0 radical (unpaired) electrons. The number of benzene rings is 3. The maximum Gasteiger partial charge on any atom is 0.261 e. The van der Waals surface area contributed by atoms with Gasteiger partial charge in [0.15, 0.2) is 0 Å². The van der Waals surface area contributed by atoms with E-state index in [9.17, 15) is 13.2 Å². The average Bonchev–Trinajstić information content (AvgIpc) is 2.85. The van der Waals surface area contributed by atoms with Gasteiger partial charge in [0, 0.05) is 37.6 Å². The second kappa shape index (κ2) is 9.72. The molecule has 4 rings (SSSR count). The molecule has 1 fully saturated rings. The molecule has 172 valence electrons. The van der Waals surface area contributed by atoms with Crippen LogP contribution in [0.5, 0.6) is 5.75 Å². The first-order valence-corrected chi connectivity index (χ1v) is 12.3. The Labute approximate surface area is 198 Å². The fourth-order valence-corrected chi connectivity index (χ4v) is 4.97. The number of sulfonamides is 1. The summed E-state index contributed by atoms with van der Waals surface area (Å²) in [5.41, 5.74) is 1.62. The molecular weight excluding hydrogens is 462 g/mol. The van der Waals surface area contributed by atoms with Crippen LogP contribution >= 0.6 is 11.6 Å². The molecule has 0 bridgehead atoms. The van der Waals surface area contributed by atoms with Crippen LogP contribution in [0.1, 0.15) is 10.4 Å². The Kier molecular flexibility index (Phi) is 6.76. The van der Waals surface area contributed by atoms with Crippen molar-refractivity contribution in [3.8, 4) is 5.75 Å². The second-order valence-electron chi connectivity index (χ2n) is 7.59. The summed E-state index contributed by atoms with van der Waals surface area (Å²) in [5, 5.41) is 0.278. The van der Waals surface area contributed by atoms with Gasteiger partial charge in [-0.1, -0.05) is 29.8 Å². The lowest BCUT2D eigenvalue weighted by atomic mass is 10.1. The number of carbonyl (C=O) groups excluding carboxylic acids is 1. The summed E-state index contributed by atoms with van der Waals surface area (Å²) in [7, 11) is -2.14. The van der Waals surface area contributed by atoms with E-state index in [1.807, 2.05) is 24.3 Å². The summed E-state index contributed by atoms with van der Waals surface area (Å²) < 4.78 is 33.0. The lowest BCUT2D eigenvalue weighted by Gasteiger charge is -2.36. The third-order valence-corrected chi connectivity index (χ3v) is 7.23. The van der Waals surface area contributed by atoms with E-state index in [1.165, 1.54) is 24.3 Å². The third kappa shape index (κ3) is 5.23. The molecule has 1 aliphatic heterocycles. The Bertz CT molecular complexity index is 1230. The predicted molar refractivity (Wildman–Crippen MR) is 130 cm³/mol. The highest BCUT2D eigenvalue weighted by molar-refractivity contribution is 7.92. The van der Waals surface area contributed by atoms with E-state index in [4.69, 9.17) is 16.3 Å². The molecule has 0 saturated carbocycles. The topological polar surface area (TPSA) is 79.0 Å². The highest BCUT2D eigenvalue weighted by Crippen LogP contribution is 2.26. The van der Waals surface area contributed by atoms with Gasteiger partial charge in [0.25, 0.3) is 15.9 Å². The second-order valence-corrected chi connectivity index (χ2v) is 9.68. The average molecular weight is 486 g/mol. The molecule has 7 nitrogen and oxygen atoms in total. The van der Waals surface area contributed by atoms with Crippen LogP contribution in [0.15, 0.2) is 77.7 Å². The van der Waals surface area contributed by atoms with E-state index < -0.39 is 10.0 Å². The zero-order valence-electron chi connectivity index (χ0n) is 18.1. The summed E-state index contributed by atoms with van der Waals surface area (Å²) in [6, 6.07) is 20.4. The van der Waals surface area contributed by atoms with Gasteiger partial charge in [-0.15, -0.1) is 0 Å². The smallest absolute Gasteiger partial charge is 0.261 e. The molecule has 0 aromatic heterocycles. The van der Waals surface area contributed by atoms with Gasteiger partial charge in [-0.2, -0.15) is 0 Å². The van der Waals surface area contributed by atoms with Crippen molar-refractivity contribution in [3.05, 3.63) is 83.4 Å². The van der Waals surface area contributed by atoms with Gasteiger partial charge in [0.1, 0.15) is 5.75 Å². The standard InChI is InChI=1S/C24H24ClN3O4S/c1-32-20-10-8-19(9-11-20)27-13-15-28(16-14-27)24(29)22-17-18(7-12-23(22)25)26-33(30,31)21-5-3-2-4-6-21/h2-12,17,26H,13-16H2,1H3. The lowest BCUT2D eigenvalue weighted by molar-refractivity contribution is 0.0747. The molecule has 1 N–H and O–H groups in total. The highest BCUT2D eigenvalue weighted by Gasteiger charge is 2.25. The number of anilines is 2. The summed E-state index contributed by atoms with van der Waals surface area (Å²) in [6.45, 7) is 2.41. The minimum absolute atomic E-state index is 0.141. The fraction of sp³-hybridized carbons (Fsp3) is 0.208. The van der Waals surface area contributed by atoms with Crippen molar-refractivity contribution >= 4 is 38.9 Å². The normalized spacial score (nSPS) is 14.1. The van der Waals surface area contributed by atoms with Crippen molar-refractivity contribution < 1.29 is 17.9 Å². The van der Waals surface area contributed by atoms with Gasteiger partial charge in [0.2, 0.25) is 0 Å². The van der Waals surface area contributed by atoms with Gasteiger partial charge >= 0.3 is 0 Å². The van der Waals surface area contributed by atoms with Crippen molar-refractivity contribution in [2.45, 2.75) is 4.90 Å². The first kappa shape index (κ1) is 22.9. The first-order valence-electron chi connectivity index (χ1n) is 10.4. The summed E-state index contributed by atoms with van der Waals surface area (Å²) in [5.74, 6) is 0.570. The quantitative estimate of drug-likeness (QED) is 0.568. The monoisotopic (exact) mass is 485 g/mol. The number of methoxy groups -OCH3 is 1. The zero-order valence-corrected chi connectivity index (χ0v) is 19.6. The number of piperazine rings is 1. The van der Waals surface area contributed by atoms with Crippen LogP contribution in [0.2, 0.25) is 5.02 Å². The number of carbonyl (C=O) groups is 1. The van der Waals surface area contributed by atoms with Crippen LogP contribution in [0.3, 0.4) is 0 Å². The number of rotatable bonds is 6. The maximum absolute atomic E-state index is 13.2. The van der Waals surface area contributed by atoms with E-state index in [1.54, 1.807) is 36.3 Å². The molecule has 0 atom stereocenters. The molecule has 9 heteroatoms. The van der Waals surface area contributed by atoms with Gasteiger partial charge in [-0.3, -0.25) is 9.52 Å². The largest absolute Gasteiger partial charge is 0.497 e. The number of halogens is 1. The van der Waals surface area contributed by atoms with Crippen LogP contribution in [-0.2, 0) is 10.0 Å². The Morgan fingerprint density at radius 2 is 1.61 bits per heavy atom. The molecule has 3 aromatic rings. The van der Waals surface area contributed by atoms with Crippen LogP contribution in [-0.4, -0.2) is 52.5 Å². The van der Waals surface area contributed by atoms with Gasteiger partial charge in [-0.25, -0.2) is 8.42 Å². The van der Waals surface area contributed by atoms with Crippen molar-refractivity contribution in [2.24, 2.45) is 0 Å². The molecule has 0 aliphatic carbocycles. The third-order valence-electron chi connectivity index (χ3n) is 5.51. The number of ether oxygens (including phenoxy) is 1. The Morgan fingerprint density at radius 1 is 0.939 bits per heavy atom. The molecule has 1 amide bonds. The molecule has 33 heavy (non-hydrogen) atoms. The zero-order chi connectivity index (χ0) is 23.4. The minimum Gasteiger partial charge on any atom is -0.497 e. The number of nitrogens with zero attached hydrogens (tertiary/aromatic N) is 2. The number of amides is 1. The van der Waals surface area contributed by atoms with E-state index in [2.05, 4.69) is 9.62 Å². The Hall–Kier alpha value is -3.23. The Morgan fingerprint density at radius 3 is 2.24 bits per heavy atom. The van der Waals surface area contributed by atoms with E-state index in [-0.39, 0.29) is 27.1 Å². The molecule has 1 heterocycles. The predicted octanol–water partition coefficient (Wildman–Crippen LogP) is 4.11. The molecular formula is C24H24ClN3O4S. The maximum atomic E-state index is 13.2. The van der Waals surface area contributed by atoms with Gasteiger partial charge in [-0.05, 0) is 54.6 Å². The van der Waals surface area contributed by atoms with E-state index in [0.717, 1.165) is 11.4 Å². The molecule has 1 saturated heterocycles. The van der Waals surface area contributed by atoms with Gasteiger partial charge < -0.3 is 14.5 Å². The van der Waals surface area contributed by atoms with Gasteiger partial charge in [0.05, 0.1) is 22.6 Å². The molecule has 0 spiro atoms. The van der Waals surface area contributed by atoms with E-state index in [0.29, 0.717) is 26.2 Å². The molecule has 3 aromatic carbocycles. The molecule has 0 unspecified atom stereocenters. The molecule has 1 aliphatic rings. The fourth-order valence-electron chi connectivity index (χ4n) is 3.70. The van der Waals surface area contributed by atoms with Crippen molar-refractivity contribution in [1.82, 2.24) is 4.90 Å². The first-order chi connectivity index (χ1) is 15.9. The minimum atomic E-state index is -3.77. The van der Waals surface area contributed by atoms with Crippen molar-refractivity contribution in [2.75, 3.05) is 42.9 Å². The summed E-state index contributed by atoms with van der Waals surface area (Å²) in [4.78, 5) is 17.2. The summed E-state index contributed by atoms with van der Waals surface area (Å²) >= 11 is 6.30. The number of hydrogen-bond acceptors (Lipinski definition) is 5. The number of hydrogen-bond donors (Lipinski definition) is 1. The van der Waals surface area contributed by atoms with Crippen molar-refractivity contribution in [3.63, 3.8) is 0 Å². The SMILES string of the molecule is COc1ccc(N2CCN(C(=O)c3cc(NS(=O)(=O)c4ccccc4)ccc3Cl)CC2)cc1. The highest BCUT2D eigenvalue weighted by atomic mass is 35.5. The lowest BCUT2D eigenvalue weighted by Crippen LogP contribution is -2.48.